The molecule has 0 bridgehead atoms. The Labute approximate surface area is 179 Å². The molecule has 0 heterocycles. The number of carbonyl (C=O) groups excluding carboxylic acids is 1. The Balaban J connectivity index is 1.70. The first-order valence-corrected chi connectivity index (χ1v) is 9.74. The van der Waals surface area contributed by atoms with Crippen molar-refractivity contribution >= 4 is 18.0 Å². The molecule has 1 aliphatic carbocycles. The van der Waals surface area contributed by atoms with Gasteiger partial charge in [-0.3, -0.25) is 4.79 Å². The van der Waals surface area contributed by atoms with E-state index in [4.69, 9.17) is 9.47 Å². The zero-order valence-electron chi connectivity index (χ0n) is 16.6. The molecular formula is C23H24O8. The monoisotopic (exact) mass is 428 g/mol. The number of benzene rings is 2. The fourth-order valence-electron chi connectivity index (χ4n) is 3.50. The molecule has 164 valence electrons. The second kappa shape index (κ2) is 9.63. The molecule has 0 spiro atoms. The van der Waals surface area contributed by atoms with E-state index in [1.165, 1.54) is 18.2 Å². The second-order valence-corrected chi connectivity index (χ2v) is 7.55. The lowest BCUT2D eigenvalue weighted by Gasteiger charge is -2.41. The molecular weight excluding hydrogens is 404 g/mol. The van der Waals surface area contributed by atoms with E-state index in [1.54, 1.807) is 42.5 Å². The number of aliphatic hydroxyl groups excluding tert-OH is 2. The van der Waals surface area contributed by atoms with Crippen LogP contribution in [0.5, 0.6) is 11.5 Å². The highest BCUT2D eigenvalue weighted by Crippen LogP contribution is 2.39. The summed E-state index contributed by atoms with van der Waals surface area (Å²) < 4.78 is 10.9. The highest BCUT2D eigenvalue weighted by Gasteiger charge is 2.52. The predicted octanol–water partition coefficient (Wildman–Crippen LogP) is 1.98. The van der Waals surface area contributed by atoms with Crippen LogP contribution in [0.4, 0.5) is 0 Å². The standard InChI is InChI=1S/C23H24O8/c24-16-9-6-15(7-10-16)8-11-20(26)31-19-13-23(22(28)29,12-18(25)21(19)27)14-30-17-4-2-1-3-5-17/h1-11,18-19,21,24-25,27H,12-14H2,(H,28,29)/t18-,19+,21+,23-/m0/s1. The Hall–Kier alpha value is -3.36. The summed E-state index contributed by atoms with van der Waals surface area (Å²) in [7, 11) is 0. The molecule has 0 radical (unpaired) electrons. The van der Waals surface area contributed by atoms with Crippen LogP contribution >= 0.6 is 0 Å². The molecule has 0 saturated heterocycles. The van der Waals surface area contributed by atoms with E-state index in [0.29, 0.717) is 11.3 Å². The van der Waals surface area contributed by atoms with E-state index in [-0.39, 0.29) is 25.2 Å². The molecule has 1 aliphatic rings. The molecule has 0 aromatic heterocycles. The summed E-state index contributed by atoms with van der Waals surface area (Å²) in [6.45, 7) is -0.256. The van der Waals surface area contributed by atoms with Gasteiger partial charge in [0.1, 0.15) is 35.7 Å². The van der Waals surface area contributed by atoms with Gasteiger partial charge in [0.2, 0.25) is 0 Å². The molecule has 0 amide bonds. The molecule has 31 heavy (non-hydrogen) atoms. The first kappa shape index (κ1) is 22.3. The van der Waals surface area contributed by atoms with Crippen LogP contribution in [-0.2, 0) is 14.3 Å². The van der Waals surface area contributed by atoms with Crippen LogP contribution in [0, 0.1) is 5.41 Å². The number of hydrogen-bond donors (Lipinski definition) is 4. The third-order valence-corrected chi connectivity index (χ3v) is 5.25. The van der Waals surface area contributed by atoms with Gasteiger partial charge in [-0.25, -0.2) is 4.79 Å². The molecule has 1 saturated carbocycles. The van der Waals surface area contributed by atoms with E-state index in [0.717, 1.165) is 6.08 Å². The third kappa shape index (κ3) is 5.62. The topological polar surface area (TPSA) is 134 Å². The number of rotatable bonds is 7. The van der Waals surface area contributed by atoms with Crippen molar-refractivity contribution in [2.45, 2.75) is 31.2 Å². The molecule has 8 heteroatoms. The highest BCUT2D eigenvalue weighted by atomic mass is 16.6. The lowest BCUT2D eigenvalue weighted by molar-refractivity contribution is -0.185. The number of phenolic OH excluding ortho intramolecular Hbond substituents is 1. The smallest absolute Gasteiger partial charge is 0.331 e. The Morgan fingerprint density at radius 1 is 1.03 bits per heavy atom. The van der Waals surface area contributed by atoms with Crippen molar-refractivity contribution in [3.05, 3.63) is 66.2 Å². The number of carbonyl (C=O) groups is 2. The third-order valence-electron chi connectivity index (χ3n) is 5.25. The van der Waals surface area contributed by atoms with Crippen molar-refractivity contribution in [1.29, 1.82) is 0 Å². The van der Waals surface area contributed by atoms with Crippen LogP contribution in [0.25, 0.3) is 6.08 Å². The van der Waals surface area contributed by atoms with E-state index < -0.39 is 35.7 Å². The van der Waals surface area contributed by atoms with Crippen molar-refractivity contribution in [3.8, 4) is 11.5 Å². The first-order chi connectivity index (χ1) is 14.8. The van der Waals surface area contributed by atoms with Crippen LogP contribution in [0.1, 0.15) is 18.4 Å². The minimum Gasteiger partial charge on any atom is -0.508 e. The second-order valence-electron chi connectivity index (χ2n) is 7.55. The summed E-state index contributed by atoms with van der Waals surface area (Å²) in [5.41, 5.74) is -0.907. The highest BCUT2D eigenvalue weighted by molar-refractivity contribution is 5.87. The SMILES string of the molecule is O=C(C=Cc1ccc(O)cc1)O[C@@H]1C[C@@](COc2ccccc2)(C(=O)O)C[C@H](O)[C@H]1O. The van der Waals surface area contributed by atoms with Gasteiger partial charge in [0, 0.05) is 12.5 Å². The number of para-hydroxylation sites is 1. The van der Waals surface area contributed by atoms with Crippen LogP contribution in [0.15, 0.2) is 60.7 Å². The number of phenols is 1. The summed E-state index contributed by atoms with van der Waals surface area (Å²) in [4.78, 5) is 24.3. The minimum absolute atomic E-state index is 0.0850. The van der Waals surface area contributed by atoms with Crippen molar-refractivity contribution in [2.75, 3.05) is 6.61 Å². The molecule has 2 aromatic rings. The van der Waals surface area contributed by atoms with Crippen LogP contribution in [-0.4, -0.2) is 57.3 Å². The molecule has 4 N–H and O–H groups in total. The molecule has 3 rings (SSSR count). The fourth-order valence-corrected chi connectivity index (χ4v) is 3.50. The number of aliphatic carboxylic acids is 1. The quantitative estimate of drug-likeness (QED) is 0.389. The minimum atomic E-state index is -1.54. The maximum atomic E-state index is 12.2. The fraction of sp³-hybridized carbons (Fsp3) is 0.304. The molecule has 0 unspecified atom stereocenters. The van der Waals surface area contributed by atoms with E-state index in [2.05, 4.69) is 0 Å². The Bertz CT molecular complexity index is 924. The van der Waals surface area contributed by atoms with E-state index >= 15 is 0 Å². The number of aromatic hydroxyl groups is 1. The lowest BCUT2D eigenvalue weighted by atomic mass is 9.71. The van der Waals surface area contributed by atoms with Crippen molar-refractivity contribution in [1.82, 2.24) is 0 Å². The summed E-state index contributed by atoms with van der Waals surface area (Å²) in [5, 5.41) is 39.7. The van der Waals surface area contributed by atoms with Crippen molar-refractivity contribution in [2.24, 2.45) is 5.41 Å². The van der Waals surface area contributed by atoms with Crippen molar-refractivity contribution < 1.29 is 39.5 Å². The number of carboxylic acid groups (broad SMARTS) is 1. The molecule has 0 aliphatic heterocycles. The normalized spacial score (nSPS) is 25.8. The zero-order chi connectivity index (χ0) is 22.4. The Morgan fingerprint density at radius 3 is 2.35 bits per heavy atom. The van der Waals surface area contributed by atoms with Gasteiger partial charge in [-0.2, -0.15) is 0 Å². The maximum Gasteiger partial charge on any atom is 0.331 e. The van der Waals surface area contributed by atoms with Gasteiger partial charge in [-0.05, 0) is 42.3 Å². The summed E-state index contributed by atoms with van der Waals surface area (Å²) in [6, 6.07) is 14.7. The number of hydrogen-bond acceptors (Lipinski definition) is 7. The lowest BCUT2D eigenvalue weighted by Crippen LogP contribution is -2.55. The number of carboxylic acids is 1. The van der Waals surface area contributed by atoms with Gasteiger partial charge >= 0.3 is 11.9 Å². The van der Waals surface area contributed by atoms with E-state index in [1.807, 2.05) is 0 Å². The first-order valence-electron chi connectivity index (χ1n) is 9.74. The summed E-state index contributed by atoms with van der Waals surface area (Å²) >= 11 is 0. The number of aliphatic hydroxyl groups is 2. The number of ether oxygens (including phenoxy) is 2. The van der Waals surface area contributed by atoms with Gasteiger partial charge in [0.25, 0.3) is 0 Å². The predicted molar refractivity (Wildman–Crippen MR) is 110 cm³/mol. The molecule has 4 atom stereocenters. The number of esters is 1. The summed E-state index contributed by atoms with van der Waals surface area (Å²) in [6.07, 6.45) is -1.92. The molecule has 8 nitrogen and oxygen atoms in total. The van der Waals surface area contributed by atoms with Gasteiger partial charge in [0.05, 0.1) is 6.10 Å². The molecule has 1 fully saturated rings. The van der Waals surface area contributed by atoms with Crippen LogP contribution in [0.2, 0.25) is 0 Å². The van der Waals surface area contributed by atoms with Crippen LogP contribution in [0.3, 0.4) is 0 Å². The largest absolute Gasteiger partial charge is 0.508 e. The van der Waals surface area contributed by atoms with Crippen LogP contribution < -0.4 is 4.74 Å². The van der Waals surface area contributed by atoms with Gasteiger partial charge in [-0.15, -0.1) is 0 Å². The Morgan fingerprint density at radius 2 is 1.71 bits per heavy atom. The van der Waals surface area contributed by atoms with Gasteiger partial charge in [-0.1, -0.05) is 30.3 Å². The van der Waals surface area contributed by atoms with Gasteiger partial charge in [0.15, 0.2) is 0 Å². The Kier molecular flexibility index (Phi) is 6.94. The van der Waals surface area contributed by atoms with E-state index in [9.17, 15) is 30.0 Å². The molecule has 2 aromatic carbocycles. The zero-order valence-corrected chi connectivity index (χ0v) is 16.6. The maximum absolute atomic E-state index is 12.2. The average molecular weight is 428 g/mol. The van der Waals surface area contributed by atoms with Gasteiger partial charge < -0.3 is 29.9 Å². The summed E-state index contributed by atoms with van der Waals surface area (Å²) in [5.74, 6) is -1.46. The van der Waals surface area contributed by atoms with Crippen molar-refractivity contribution in [3.63, 3.8) is 0 Å². The average Bonchev–Trinajstić information content (AvgIpc) is 2.76.